The van der Waals surface area contributed by atoms with Gasteiger partial charge < -0.3 is 19.9 Å². The molecule has 0 aliphatic heterocycles. The second-order valence-corrected chi connectivity index (χ2v) is 3.67. The molecular weight excluding hydrogens is 206 g/mol. The highest BCUT2D eigenvalue weighted by molar-refractivity contribution is 5.55. The van der Waals surface area contributed by atoms with Gasteiger partial charge in [-0.05, 0) is 25.0 Å². The Morgan fingerprint density at radius 2 is 1.69 bits per heavy atom. The Balaban J connectivity index is 3.20. The van der Waals surface area contributed by atoms with Crippen LogP contribution in [-0.4, -0.2) is 27.4 Å². The lowest BCUT2D eigenvalue weighted by atomic mass is 10.1. The van der Waals surface area contributed by atoms with Crippen molar-refractivity contribution in [3.05, 3.63) is 17.7 Å². The van der Waals surface area contributed by atoms with Gasteiger partial charge in [-0.15, -0.1) is 0 Å². The van der Waals surface area contributed by atoms with E-state index in [-0.39, 0.29) is 6.04 Å². The van der Waals surface area contributed by atoms with E-state index in [0.717, 1.165) is 12.0 Å². The molecular formula is C12H19NO3. The third-order valence-electron chi connectivity index (χ3n) is 2.33. The zero-order valence-electron chi connectivity index (χ0n) is 10.2. The second kappa shape index (κ2) is 5.61. The van der Waals surface area contributed by atoms with Crippen molar-refractivity contribution in [1.29, 1.82) is 0 Å². The van der Waals surface area contributed by atoms with E-state index in [9.17, 15) is 0 Å². The Bertz CT molecular complexity index is 350. The topological polar surface area (TPSA) is 53.7 Å². The van der Waals surface area contributed by atoms with Crippen molar-refractivity contribution < 1.29 is 14.2 Å². The Labute approximate surface area is 96.3 Å². The highest BCUT2D eigenvalue weighted by atomic mass is 16.5. The van der Waals surface area contributed by atoms with E-state index >= 15 is 0 Å². The zero-order chi connectivity index (χ0) is 12.1. The molecule has 0 aliphatic carbocycles. The van der Waals surface area contributed by atoms with E-state index in [1.807, 2.05) is 19.1 Å². The molecule has 0 spiro atoms. The zero-order valence-corrected chi connectivity index (χ0v) is 10.2. The van der Waals surface area contributed by atoms with Crippen molar-refractivity contribution >= 4 is 0 Å². The largest absolute Gasteiger partial charge is 0.493 e. The van der Waals surface area contributed by atoms with Gasteiger partial charge >= 0.3 is 0 Å². The van der Waals surface area contributed by atoms with Gasteiger partial charge in [-0.2, -0.15) is 0 Å². The van der Waals surface area contributed by atoms with Crippen LogP contribution in [0.2, 0.25) is 0 Å². The summed E-state index contributed by atoms with van der Waals surface area (Å²) in [6, 6.07) is 3.88. The summed E-state index contributed by atoms with van der Waals surface area (Å²) in [5.74, 6) is 1.97. The Morgan fingerprint density at radius 1 is 1.06 bits per heavy atom. The van der Waals surface area contributed by atoms with Gasteiger partial charge in [0.2, 0.25) is 5.75 Å². The van der Waals surface area contributed by atoms with Gasteiger partial charge in [-0.3, -0.25) is 0 Å². The lowest BCUT2D eigenvalue weighted by Crippen LogP contribution is -2.18. The van der Waals surface area contributed by atoms with Gasteiger partial charge in [0, 0.05) is 6.04 Å². The highest BCUT2D eigenvalue weighted by Gasteiger charge is 2.16. The Morgan fingerprint density at radius 3 is 2.12 bits per heavy atom. The molecule has 0 bridgehead atoms. The van der Waals surface area contributed by atoms with Crippen LogP contribution in [0, 0.1) is 0 Å². The number of nitrogens with two attached hydrogens (primary N) is 1. The lowest BCUT2D eigenvalue weighted by molar-refractivity contribution is 0.322. The fourth-order valence-corrected chi connectivity index (χ4v) is 1.67. The maximum atomic E-state index is 5.78. The summed E-state index contributed by atoms with van der Waals surface area (Å²) in [5.41, 5.74) is 6.81. The van der Waals surface area contributed by atoms with E-state index in [4.69, 9.17) is 19.9 Å². The number of methoxy groups -OCH3 is 3. The van der Waals surface area contributed by atoms with Gasteiger partial charge in [0.05, 0.1) is 21.3 Å². The van der Waals surface area contributed by atoms with Crippen LogP contribution in [-0.2, 0) is 6.42 Å². The predicted octanol–water partition coefficient (Wildman–Crippen LogP) is 1.60. The summed E-state index contributed by atoms with van der Waals surface area (Å²) in [7, 11) is 4.81. The second-order valence-electron chi connectivity index (χ2n) is 3.67. The van der Waals surface area contributed by atoms with Gasteiger partial charge in [0.1, 0.15) is 0 Å². The molecule has 0 saturated carbocycles. The van der Waals surface area contributed by atoms with Crippen LogP contribution in [0.3, 0.4) is 0 Å². The fraction of sp³-hybridized carbons (Fsp3) is 0.500. The van der Waals surface area contributed by atoms with Crippen molar-refractivity contribution in [2.45, 2.75) is 19.4 Å². The van der Waals surface area contributed by atoms with Gasteiger partial charge in [-0.25, -0.2) is 0 Å². The molecule has 0 amide bonds. The summed E-state index contributed by atoms with van der Waals surface area (Å²) in [6.07, 6.45) is 0.740. The molecule has 1 aromatic rings. The standard InChI is InChI=1S/C12H19NO3/c1-8(13)7-9-5-6-10(14-2)12(16-4)11(9)15-3/h5-6,8H,7,13H2,1-4H3. The number of hydrogen-bond donors (Lipinski definition) is 1. The molecule has 2 N–H and O–H groups in total. The monoisotopic (exact) mass is 225 g/mol. The smallest absolute Gasteiger partial charge is 0.203 e. The van der Waals surface area contributed by atoms with Crippen molar-refractivity contribution in [3.8, 4) is 17.2 Å². The van der Waals surface area contributed by atoms with Gasteiger partial charge in [-0.1, -0.05) is 6.07 Å². The molecule has 0 aliphatic rings. The predicted molar refractivity (Wildman–Crippen MR) is 63.5 cm³/mol. The molecule has 4 heteroatoms. The van der Waals surface area contributed by atoms with Crippen LogP contribution in [0.1, 0.15) is 12.5 Å². The van der Waals surface area contributed by atoms with E-state index in [2.05, 4.69) is 0 Å². The quantitative estimate of drug-likeness (QED) is 0.827. The summed E-state index contributed by atoms with van der Waals surface area (Å²) in [4.78, 5) is 0. The van der Waals surface area contributed by atoms with Crippen LogP contribution in [0.25, 0.3) is 0 Å². The number of ether oxygens (including phenoxy) is 3. The van der Waals surface area contributed by atoms with Crippen molar-refractivity contribution in [1.82, 2.24) is 0 Å². The minimum absolute atomic E-state index is 0.0759. The summed E-state index contributed by atoms with van der Waals surface area (Å²) in [6.45, 7) is 1.95. The first-order valence-electron chi connectivity index (χ1n) is 5.17. The first-order chi connectivity index (χ1) is 7.63. The lowest BCUT2D eigenvalue weighted by Gasteiger charge is -2.16. The molecule has 0 fully saturated rings. The van der Waals surface area contributed by atoms with Crippen LogP contribution < -0.4 is 19.9 Å². The van der Waals surface area contributed by atoms with E-state index < -0.39 is 0 Å². The molecule has 16 heavy (non-hydrogen) atoms. The molecule has 1 rings (SSSR count). The van der Waals surface area contributed by atoms with Crippen LogP contribution in [0.4, 0.5) is 0 Å². The summed E-state index contributed by atoms with van der Waals surface area (Å²) >= 11 is 0. The Kier molecular flexibility index (Phi) is 4.43. The average Bonchev–Trinajstić information content (AvgIpc) is 2.27. The molecule has 0 aromatic heterocycles. The molecule has 0 radical (unpaired) electrons. The van der Waals surface area contributed by atoms with E-state index in [1.54, 1.807) is 21.3 Å². The minimum atomic E-state index is 0.0759. The first kappa shape index (κ1) is 12.6. The van der Waals surface area contributed by atoms with Crippen molar-refractivity contribution in [2.75, 3.05) is 21.3 Å². The molecule has 0 saturated heterocycles. The first-order valence-corrected chi connectivity index (χ1v) is 5.17. The van der Waals surface area contributed by atoms with E-state index in [0.29, 0.717) is 17.2 Å². The summed E-state index contributed by atoms with van der Waals surface area (Å²) < 4.78 is 15.8. The maximum absolute atomic E-state index is 5.78. The molecule has 90 valence electrons. The fourth-order valence-electron chi connectivity index (χ4n) is 1.67. The highest BCUT2D eigenvalue weighted by Crippen LogP contribution is 2.39. The third-order valence-corrected chi connectivity index (χ3v) is 2.33. The van der Waals surface area contributed by atoms with Crippen LogP contribution >= 0.6 is 0 Å². The minimum Gasteiger partial charge on any atom is -0.493 e. The molecule has 0 heterocycles. The van der Waals surface area contributed by atoms with E-state index in [1.165, 1.54) is 0 Å². The van der Waals surface area contributed by atoms with Gasteiger partial charge in [0.25, 0.3) is 0 Å². The number of rotatable bonds is 5. The Hall–Kier alpha value is -1.42. The van der Waals surface area contributed by atoms with Crippen LogP contribution in [0.5, 0.6) is 17.2 Å². The normalized spacial score (nSPS) is 12.1. The number of benzene rings is 1. The van der Waals surface area contributed by atoms with Crippen LogP contribution in [0.15, 0.2) is 12.1 Å². The molecule has 4 nitrogen and oxygen atoms in total. The molecule has 1 atom stereocenters. The molecule has 1 unspecified atom stereocenters. The summed E-state index contributed by atoms with van der Waals surface area (Å²) in [5, 5.41) is 0. The number of hydrogen-bond acceptors (Lipinski definition) is 4. The molecule has 1 aromatic carbocycles. The maximum Gasteiger partial charge on any atom is 0.203 e. The SMILES string of the molecule is COc1ccc(CC(C)N)c(OC)c1OC. The van der Waals surface area contributed by atoms with Crippen molar-refractivity contribution in [3.63, 3.8) is 0 Å². The average molecular weight is 225 g/mol. The van der Waals surface area contributed by atoms with Crippen molar-refractivity contribution in [2.24, 2.45) is 5.73 Å². The van der Waals surface area contributed by atoms with Gasteiger partial charge in [0.15, 0.2) is 11.5 Å². The third kappa shape index (κ3) is 2.58.